The molecule has 1 saturated heterocycles. The van der Waals surface area contributed by atoms with Crippen LogP contribution in [0.25, 0.3) is 0 Å². The van der Waals surface area contributed by atoms with Gasteiger partial charge in [-0.3, -0.25) is 0 Å². The van der Waals surface area contributed by atoms with Gasteiger partial charge in [0.05, 0.1) is 6.10 Å². The lowest BCUT2D eigenvalue weighted by Crippen LogP contribution is -2.59. The van der Waals surface area contributed by atoms with Gasteiger partial charge in [0.25, 0.3) is 0 Å². The van der Waals surface area contributed by atoms with Gasteiger partial charge in [0, 0.05) is 0 Å². The summed E-state index contributed by atoms with van der Waals surface area (Å²) >= 11 is 0. The average molecular weight is 163 g/mol. The summed E-state index contributed by atoms with van der Waals surface area (Å²) in [5.74, 6) is 0. The Hall–Kier alpha value is -0.200. The fourth-order valence-corrected chi connectivity index (χ4v) is 1.08. The summed E-state index contributed by atoms with van der Waals surface area (Å²) in [6.07, 6.45) is -4.94. The van der Waals surface area contributed by atoms with Crippen molar-refractivity contribution in [1.29, 1.82) is 0 Å². The zero-order valence-corrected chi connectivity index (χ0v) is 6.21. The van der Waals surface area contributed by atoms with E-state index >= 15 is 0 Å². The zero-order chi connectivity index (χ0) is 8.59. The lowest BCUT2D eigenvalue weighted by molar-refractivity contribution is -0.215. The van der Waals surface area contributed by atoms with E-state index in [-0.39, 0.29) is 0 Å². The predicted molar refractivity (Wildman–Crippen MR) is 36.5 cm³/mol. The molecule has 5 atom stereocenters. The molecule has 1 aliphatic rings. The van der Waals surface area contributed by atoms with E-state index in [2.05, 4.69) is 0 Å². The van der Waals surface area contributed by atoms with E-state index in [0.717, 1.165) is 0 Å². The molecule has 1 fully saturated rings. The molecule has 0 spiro atoms. The number of hydrogen-bond acceptors (Lipinski definition) is 5. The van der Waals surface area contributed by atoms with Crippen LogP contribution >= 0.6 is 0 Å². The first kappa shape index (κ1) is 8.89. The first-order valence-electron chi connectivity index (χ1n) is 3.49. The minimum atomic E-state index is -1.21. The predicted octanol–water partition coefficient (Wildman–Crippen LogP) is -2.23. The van der Waals surface area contributed by atoms with E-state index < -0.39 is 30.6 Å². The lowest BCUT2D eigenvalue weighted by Gasteiger charge is -2.37. The van der Waals surface area contributed by atoms with Gasteiger partial charge in [0.15, 0.2) is 0 Å². The summed E-state index contributed by atoms with van der Waals surface area (Å²) in [7, 11) is 0. The quantitative estimate of drug-likeness (QED) is 0.324. The van der Waals surface area contributed by atoms with Gasteiger partial charge in [-0.15, -0.1) is 0 Å². The van der Waals surface area contributed by atoms with Crippen molar-refractivity contribution >= 4 is 0 Å². The molecule has 1 heterocycles. The minimum Gasteiger partial charge on any atom is -0.388 e. The van der Waals surface area contributed by atoms with Gasteiger partial charge in [-0.25, -0.2) is 0 Å². The average Bonchev–Trinajstić information content (AvgIpc) is 1.97. The molecule has 0 aromatic carbocycles. The van der Waals surface area contributed by atoms with Crippen LogP contribution in [0, 0.1) is 0 Å². The standard InChI is InChI=1S/C6H13NO4/c1-2-3(8)4(9)5(10)6(7)11-2/h2-6,8-10H,7H2,1H3/t2-,3+,4-,5-,6+/m0/s1. The van der Waals surface area contributed by atoms with Gasteiger partial charge in [0.1, 0.15) is 24.5 Å². The molecule has 0 amide bonds. The van der Waals surface area contributed by atoms with Crippen molar-refractivity contribution in [2.45, 2.75) is 37.6 Å². The molecule has 11 heavy (non-hydrogen) atoms. The Balaban J connectivity index is 2.63. The second-order valence-corrected chi connectivity index (χ2v) is 2.78. The summed E-state index contributed by atoms with van der Waals surface area (Å²) in [6, 6.07) is 0. The number of hydrogen-bond donors (Lipinski definition) is 4. The van der Waals surface area contributed by atoms with Crippen molar-refractivity contribution in [3.63, 3.8) is 0 Å². The first-order chi connectivity index (χ1) is 5.04. The largest absolute Gasteiger partial charge is 0.388 e. The Labute approximate surface area is 64.4 Å². The van der Waals surface area contributed by atoms with Gasteiger partial charge in [-0.05, 0) is 6.92 Å². The molecule has 66 valence electrons. The van der Waals surface area contributed by atoms with Crippen LogP contribution in [0.5, 0.6) is 0 Å². The van der Waals surface area contributed by atoms with E-state index in [1.165, 1.54) is 0 Å². The molecule has 0 aromatic rings. The van der Waals surface area contributed by atoms with Crippen LogP contribution in [-0.2, 0) is 4.74 Å². The maximum Gasteiger partial charge on any atom is 0.135 e. The summed E-state index contributed by atoms with van der Waals surface area (Å²) < 4.78 is 4.90. The van der Waals surface area contributed by atoms with Crippen molar-refractivity contribution in [3.05, 3.63) is 0 Å². The Bertz CT molecular complexity index is 129. The van der Waals surface area contributed by atoms with E-state index in [0.29, 0.717) is 0 Å². The van der Waals surface area contributed by atoms with Crippen molar-refractivity contribution in [2.24, 2.45) is 5.73 Å². The first-order valence-corrected chi connectivity index (χ1v) is 3.49. The number of aliphatic hydroxyl groups excluding tert-OH is 3. The second kappa shape index (κ2) is 3.04. The monoisotopic (exact) mass is 163 g/mol. The van der Waals surface area contributed by atoms with Gasteiger partial charge in [-0.2, -0.15) is 0 Å². The van der Waals surface area contributed by atoms with E-state index in [4.69, 9.17) is 25.8 Å². The summed E-state index contributed by atoms with van der Waals surface area (Å²) in [4.78, 5) is 0. The zero-order valence-electron chi connectivity index (χ0n) is 6.21. The number of aliphatic hydroxyl groups is 3. The van der Waals surface area contributed by atoms with E-state index in [9.17, 15) is 0 Å². The topological polar surface area (TPSA) is 95.9 Å². The van der Waals surface area contributed by atoms with Crippen LogP contribution in [-0.4, -0.2) is 46.0 Å². The highest BCUT2D eigenvalue weighted by Crippen LogP contribution is 2.17. The molecule has 0 radical (unpaired) electrons. The van der Waals surface area contributed by atoms with Gasteiger partial charge in [0.2, 0.25) is 0 Å². The molecule has 1 rings (SSSR count). The molecule has 0 aromatic heterocycles. The molecule has 1 aliphatic heterocycles. The summed E-state index contributed by atoms with van der Waals surface area (Å²) in [5, 5.41) is 27.3. The lowest BCUT2D eigenvalue weighted by atomic mass is 9.99. The Morgan fingerprint density at radius 2 is 1.64 bits per heavy atom. The number of nitrogens with two attached hydrogens (primary N) is 1. The SMILES string of the molecule is C[C@@H]1O[C@@H](N)[C@@H](O)[C@@H](O)[C@@H]1O. The van der Waals surface area contributed by atoms with Crippen molar-refractivity contribution in [2.75, 3.05) is 0 Å². The fraction of sp³-hybridized carbons (Fsp3) is 1.00. The Morgan fingerprint density at radius 3 is 2.18 bits per heavy atom. The van der Waals surface area contributed by atoms with Crippen LogP contribution in [0.15, 0.2) is 0 Å². The second-order valence-electron chi connectivity index (χ2n) is 2.78. The molecule has 0 unspecified atom stereocenters. The summed E-state index contributed by atoms with van der Waals surface area (Å²) in [5.41, 5.74) is 5.28. The maximum absolute atomic E-state index is 9.14. The minimum absolute atomic E-state index is 0.539. The van der Waals surface area contributed by atoms with Crippen LogP contribution in [0.1, 0.15) is 6.92 Å². The highest BCUT2D eigenvalue weighted by Gasteiger charge is 2.39. The molecule has 5 nitrogen and oxygen atoms in total. The number of ether oxygens (including phenoxy) is 1. The highest BCUT2D eigenvalue weighted by molar-refractivity contribution is 4.87. The highest BCUT2D eigenvalue weighted by atomic mass is 16.5. The third-order valence-corrected chi connectivity index (χ3v) is 1.89. The van der Waals surface area contributed by atoms with Crippen LogP contribution in [0.2, 0.25) is 0 Å². The van der Waals surface area contributed by atoms with Crippen molar-refractivity contribution in [3.8, 4) is 0 Å². The Kier molecular flexibility index (Phi) is 2.46. The maximum atomic E-state index is 9.14. The molecular weight excluding hydrogens is 150 g/mol. The Morgan fingerprint density at radius 1 is 1.09 bits per heavy atom. The number of rotatable bonds is 0. The summed E-state index contributed by atoms with van der Waals surface area (Å²) in [6.45, 7) is 1.58. The van der Waals surface area contributed by atoms with Gasteiger partial charge >= 0.3 is 0 Å². The van der Waals surface area contributed by atoms with Crippen LogP contribution in [0.4, 0.5) is 0 Å². The van der Waals surface area contributed by atoms with Crippen molar-refractivity contribution in [1.82, 2.24) is 0 Å². The molecule has 5 N–H and O–H groups in total. The van der Waals surface area contributed by atoms with E-state index in [1.54, 1.807) is 6.92 Å². The fourth-order valence-electron chi connectivity index (χ4n) is 1.08. The normalized spacial score (nSPS) is 52.6. The van der Waals surface area contributed by atoms with Gasteiger partial charge < -0.3 is 25.8 Å². The third-order valence-electron chi connectivity index (χ3n) is 1.89. The van der Waals surface area contributed by atoms with Crippen molar-refractivity contribution < 1.29 is 20.1 Å². The molecule has 0 bridgehead atoms. The van der Waals surface area contributed by atoms with Crippen LogP contribution in [0.3, 0.4) is 0 Å². The van der Waals surface area contributed by atoms with E-state index in [1.807, 2.05) is 0 Å². The van der Waals surface area contributed by atoms with Gasteiger partial charge in [-0.1, -0.05) is 0 Å². The third kappa shape index (κ3) is 1.52. The molecule has 0 aliphatic carbocycles. The molecular formula is C6H13NO4. The van der Waals surface area contributed by atoms with Crippen LogP contribution < -0.4 is 5.73 Å². The molecule has 0 saturated carbocycles. The molecule has 5 heteroatoms. The smallest absolute Gasteiger partial charge is 0.135 e.